The van der Waals surface area contributed by atoms with Crippen LogP contribution in [0, 0.1) is 0 Å². The minimum atomic E-state index is -1.38. The van der Waals surface area contributed by atoms with Gasteiger partial charge in [0, 0.05) is 18.6 Å². The summed E-state index contributed by atoms with van der Waals surface area (Å²) in [6, 6.07) is 16.4. The molecular formula is C35H45NO3. The second-order valence-corrected chi connectivity index (χ2v) is 13.1. The fourth-order valence-electron chi connectivity index (χ4n) is 6.07. The Morgan fingerprint density at radius 2 is 1.59 bits per heavy atom. The maximum Gasteiger partial charge on any atom is 0.344 e. The van der Waals surface area contributed by atoms with E-state index in [4.69, 9.17) is 4.74 Å². The zero-order chi connectivity index (χ0) is 27.7. The number of fused-ring (bicyclic) bond motifs is 1. The summed E-state index contributed by atoms with van der Waals surface area (Å²) in [5.41, 5.74) is 5.50. The second-order valence-electron chi connectivity index (χ2n) is 13.1. The van der Waals surface area contributed by atoms with Crippen molar-refractivity contribution < 1.29 is 14.6 Å². The van der Waals surface area contributed by atoms with Gasteiger partial charge in [-0.05, 0) is 102 Å². The molecule has 0 unspecified atom stereocenters. The van der Waals surface area contributed by atoms with Crippen LogP contribution < -0.4 is 5.32 Å². The number of unbranched alkanes of at least 4 members (excludes halogenated alkanes) is 2. The first-order valence-corrected chi connectivity index (χ1v) is 14.8. The van der Waals surface area contributed by atoms with Crippen LogP contribution in [0.15, 0.2) is 66.8 Å². The number of carbonyl (C=O) groups is 1. The molecule has 2 aromatic rings. The van der Waals surface area contributed by atoms with Gasteiger partial charge in [0.15, 0.2) is 0 Å². The quantitative estimate of drug-likeness (QED) is 0.232. The number of carboxylic acid groups (broad SMARTS) is 1. The summed E-state index contributed by atoms with van der Waals surface area (Å²) in [5.74, 6) is -0.945. The van der Waals surface area contributed by atoms with Crippen molar-refractivity contribution >= 4 is 5.97 Å². The summed E-state index contributed by atoms with van der Waals surface area (Å²) in [6.07, 6.45) is 15.4. The van der Waals surface area contributed by atoms with Gasteiger partial charge >= 0.3 is 5.97 Å². The van der Waals surface area contributed by atoms with Gasteiger partial charge in [0.05, 0.1) is 0 Å². The van der Waals surface area contributed by atoms with Crippen molar-refractivity contribution in [1.82, 2.24) is 5.32 Å². The lowest BCUT2D eigenvalue weighted by atomic mass is 9.63. The van der Waals surface area contributed by atoms with Crippen LogP contribution in [0.1, 0.15) is 95.2 Å². The zero-order valence-electron chi connectivity index (χ0n) is 24.1. The van der Waals surface area contributed by atoms with E-state index in [1.807, 2.05) is 12.2 Å². The number of carboxylic acids is 1. The first-order valence-electron chi connectivity index (χ1n) is 14.8. The molecule has 4 nitrogen and oxygen atoms in total. The highest BCUT2D eigenvalue weighted by molar-refractivity contribution is 5.83. The summed E-state index contributed by atoms with van der Waals surface area (Å²) in [7, 11) is 0. The van der Waals surface area contributed by atoms with Gasteiger partial charge in [-0.1, -0.05) is 82.3 Å². The molecule has 208 valence electrons. The van der Waals surface area contributed by atoms with E-state index >= 15 is 0 Å². The first-order chi connectivity index (χ1) is 18.6. The Morgan fingerprint density at radius 3 is 2.28 bits per heavy atom. The molecule has 1 fully saturated rings. The largest absolute Gasteiger partial charge is 0.479 e. The Kier molecular flexibility index (Phi) is 7.90. The van der Waals surface area contributed by atoms with Crippen LogP contribution in [0.5, 0.6) is 0 Å². The zero-order valence-corrected chi connectivity index (χ0v) is 24.1. The maximum atomic E-state index is 12.2. The molecule has 3 aliphatic carbocycles. The van der Waals surface area contributed by atoms with Crippen LogP contribution in [0.3, 0.4) is 0 Å². The van der Waals surface area contributed by atoms with Crippen molar-refractivity contribution in [2.75, 3.05) is 13.2 Å². The fraction of sp³-hybridized carbons (Fsp3) is 0.514. The highest BCUT2D eigenvalue weighted by Crippen LogP contribution is 2.47. The van der Waals surface area contributed by atoms with Crippen molar-refractivity contribution in [3.05, 3.63) is 83.5 Å². The second kappa shape index (κ2) is 11.1. The van der Waals surface area contributed by atoms with Crippen molar-refractivity contribution in [2.45, 2.75) is 101 Å². The molecule has 0 aromatic heterocycles. The molecule has 4 heteroatoms. The van der Waals surface area contributed by atoms with Gasteiger partial charge in [-0.25, -0.2) is 4.79 Å². The number of hydrogen-bond acceptors (Lipinski definition) is 3. The molecule has 39 heavy (non-hydrogen) atoms. The average molecular weight is 528 g/mol. The molecule has 0 spiro atoms. The number of rotatable bonds is 11. The Bertz CT molecular complexity index is 1240. The topological polar surface area (TPSA) is 58.6 Å². The van der Waals surface area contributed by atoms with Crippen LogP contribution in [-0.4, -0.2) is 35.9 Å². The van der Waals surface area contributed by atoms with Crippen LogP contribution in [0.2, 0.25) is 0 Å². The molecule has 3 aliphatic rings. The summed E-state index contributed by atoms with van der Waals surface area (Å²) in [6.45, 7) is 10.9. The molecule has 0 radical (unpaired) electrons. The van der Waals surface area contributed by atoms with Gasteiger partial charge in [0.2, 0.25) is 5.60 Å². The lowest BCUT2D eigenvalue weighted by Gasteiger charge is -2.42. The number of benzene rings is 2. The lowest BCUT2D eigenvalue weighted by molar-refractivity contribution is -0.154. The molecule has 2 N–H and O–H groups in total. The van der Waals surface area contributed by atoms with Crippen LogP contribution in [0.25, 0.3) is 11.1 Å². The van der Waals surface area contributed by atoms with Gasteiger partial charge < -0.3 is 15.2 Å². The van der Waals surface area contributed by atoms with Crippen molar-refractivity contribution in [3.63, 3.8) is 0 Å². The van der Waals surface area contributed by atoms with Crippen LogP contribution >= 0.6 is 0 Å². The van der Waals surface area contributed by atoms with E-state index < -0.39 is 11.6 Å². The van der Waals surface area contributed by atoms with E-state index in [0.717, 1.165) is 37.4 Å². The molecule has 0 atom stereocenters. The number of nitrogens with one attached hydrogen (secondary N) is 1. The van der Waals surface area contributed by atoms with E-state index in [1.54, 1.807) is 12.2 Å². The first kappa shape index (κ1) is 27.9. The molecule has 5 rings (SSSR count). The minimum Gasteiger partial charge on any atom is -0.479 e. The predicted octanol–water partition coefficient (Wildman–Crippen LogP) is 7.67. The highest BCUT2D eigenvalue weighted by atomic mass is 16.5. The van der Waals surface area contributed by atoms with E-state index in [9.17, 15) is 9.90 Å². The SMILES string of the molecule is CC1(C)CCC(C)(C)c2cc(-c3cccc(C4C=CC(OCCCCCNC5CC5)(C(=O)O)C=C4)c3)ccc21. The Morgan fingerprint density at radius 1 is 0.897 bits per heavy atom. The summed E-state index contributed by atoms with van der Waals surface area (Å²) in [4.78, 5) is 12.2. The molecular weight excluding hydrogens is 482 g/mol. The Labute approximate surface area is 234 Å². The molecule has 0 bridgehead atoms. The number of allylic oxidation sites excluding steroid dienone is 2. The van der Waals surface area contributed by atoms with Gasteiger partial charge in [-0.2, -0.15) is 0 Å². The van der Waals surface area contributed by atoms with E-state index in [0.29, 0.717) is 6.61 Å². The minimum absolute atomic E-state index is 0.0162. The van der Waals surface area contributed by atoms with E-state index in [1.165, 1.54) is 47.9 Å². The van der Waals surface area contributed by atoms with Crippen LogP contribution in [0.4, 0.5) is 0 Å². The molecule has 0 aliphatic heterocycles. The van der Waals surface area contributed by atoms with Gasteiger partial charge in [0.25, 0.3) is 0 Å². The molecule has 0 heterocycles. The van der Waals surface area contributed by atoms with Crippen molar-refractivity contribution in [3.8, 4) is 11.1 Å². The third-order valence-corrected chi connectivity index (χ3v) is 9.07. The summed E-state index contributed by atoms with van der Waals surface area (Å²) < 4.78 is 5.94. The molecule has 1 saturated carbocycles. The monoisotopic (exact) mass is 527 g/mol. The summed E-state index contributed by atoms with van der Waals surface area (Å²) >= 11 is 0. The maximum absolute atomic E-state index is 12.2. The van der Waals surface area contributed by atoms with Gasteiger partial charge in [-0.3, -0.25) is 0 Å². The molecule has 0 amide bonds. The summed E-state index contributed by atoms with van der Waals surface area (Å²) in [5, 5.41) is 13.5. The van der Waals surface area contributed by atoms with Crippen molar-refractivity contribution in [1.29, 1.82) is 0 Å². The standard InChI is InChI=1S/C35H45NO3/c1-33(2)19-20-34(3,4)31-24-28(11-14-30(31)33)27-10-8-9-26(23-27)25-15-17-35(18-16-25,32(37)38)39-22-7-5-6-21-36-29-12-13-29/h8-11,14-18,23-25,29,36H,5-7,12-13,19-22H2,1-4H3,(H,37,38). The fourth-order valence-corrected chi connectivity index (χ4v) is 6.07. The number of aliphatic carboxylic acids is 1. The van der Waals surface area contributed by atoms with Gasteiger partial charge in [-0.15, -0.1) is 0 Å². The lowest BCUT2D eigenvalue weighted by Crippen LogP contribution is -2.39. The smallest absolute Gasteiger partial charge is 0.344 e. The number of hydrogen-bond donors (Lipinski definition) is 2. The van der Waals surface area contributed by atoms with E-state index in [-0.39, 0.29) is 16.7 Å². The Balaban J connectivity index is 1.26. The molecule has 0 saturated heterocycles. The third kappa shape index (κ3) is 6.23. The van der Waals surface area contributed by atoms with Gasteiger partial charge in [0.1, 0.15) is 0 Å². The van der Waals surface area contributed by atoms with Crippen LogP contribution in [-0.2, 0) is 20.4 Å². The predicted molar refractivity (Wildman–Crippen MR) is 159 cm³/mol. The van der Waals surface area contributed by atoms with Crippen molar-refractivity contribution in [2.24, 2.45) is 0 Å². The molecule has 2 aromatic carbocycles. The Hall–Kier alpha value is -2.69. The third-order valence-electron chi connectivity index (χ3n) is 9.07. The van der Waals surface area contributed by atoms with E-state index in [2.05, 4.69) is 75.5 Å². The number of ether oxygens (including phenoxy) is 1. The average Bonchev–Trinajstić information content (AvgIpc) is 3.75. The highest BCUT2D eigenvalue weighted by Gasteiger charge is 2.38. The normalized spacial score (nSPS) is 24.9.